The van der Waals surface area contributed by atoms with Gasteiger partial charge in [-0.3, -0.25) is 4.72 Å². The van der Waals surface area contributed by atoms with E-state index in [1.807, 2.05) is 6.07 Å². The molecule has 0 fully saturated rings. The molecule has 3 aromatic rings. The van der Waals surface area contributed by atoms with E-state index in [2.05, 4.69) is 14.9 Å². The lowest BCUT2D eigenvalue weighted by Gasteiger charge is -2.17. The zero-order valence-electron chi connectivity index (χ0n) is 16.4. The first-order chi connectivity index (χ1) is 14.2. The summed E-state index contributed by atoms with van der Waals surface area (Å²) in [6.07, 6.45) is 5.20. The Hall–Kier alpha value is -2.78. The second-order valence-corrected chi connectivity index (χ2v) is 11.0. The van der Waals surface area contributed by atoms with Gasteiger partial charge in [-0.05, 0) is 73.2 Å². The smallest absolute Gasteiger partial charge is 0.261 e. The first-order valence-corrected chi connectivity index (χ1v) is 12.9. The summed E-state index contributed by atoms with van der Waals surface area (Å²) in [6, 6.07) is 15.0. The summed E-state index contributed by atoms with van der Waals surface area (Å²) in [6.45, 7) is 0. The number of rotatable bonds is 5. The zero-order valence-corrected chi connectivity index (χ0v) is 18.0. The van der Waals surface area contributed by atoms with Gasteiger partial charge < -0.3 is 0 Å². The fraction of sp³-hybridized carbons (Fsp3) is 0.238. The van der Waals surface area contributed by atoms with Crippen LogP contribution in [-0.4, -0.2) is 33.3 Å². The molecule has 0 bridgehead atoms. The topological polar surface area (TPSA) is 106 Å². The van der Waals surface area contributed by atoms with Crippen molar-refractivity contribution in [2.45, 2.75) is 35.6 Å². The van der Waals surface area contributed by atoms with Crippen LogP contribution in [0.25, 0.3) is 11.3 Å². The molecule has 2 aromatic carbocycles. The van der Waals surface area contributed by atoms with Gasteiger partial charge in [0.2, 0.25) is 0 Å². The van der Waals surface area contributed by atoms with Crippen molar-refractivity contribution in [2.75, 3.05) is 11.0 Å². The van der Waals surface area contributed by atoms with Crippen LogP contribution >= 0.6 is 0 Å². The highest BCUT2D eigenvalue weighted by atomic mass is 32.2. The molecule has 0 unspecified atom stereocenters. The number of hydrogen-bond donors (Lipinski definition) is 1. The Bertz CT molecular complexity index is 1290. The van der Waals surface area contributed by atoms with Crippen molar-refractivity contribution in [1.82, 2.24) is 10.2 Å². The van der Waals surface area contributed by atoms with E-state index in [1.54, 1.807) is 42.5 Å². The van der Waals surface area contributed by atoms with Crippen LogP contribution in [0.1, 0.15) is 24.0 Å². The van der Waals surface area contributed by atoms with Gasteiger partial charge in [-0.2, -0.15) is 0 Å². The van der Waals surface area contributed by atoms with Crippen LogP contribution < -0.4 is 4.72 Å². The average Bonchev–Trinajstić information content (AvgIpc) is 2.73. The van der Waals surface area contributed by atoms with Gasteiger partial charge in [-0.1, -0.05) is 18.2 Å². The number of nitrogens with one attached hydrogen (secondary N) is 1. The van der Waals surface area contributed by atoms with Crippen LogP contribution in [0.2, 0.25) is 0 Å². The van der Waals surface area contributed by atoms with Crippen LogP contribution in [0.15, 0.2) is 64.5 Å². The molecule has 0 spiro atoms. The minimum atomic E-state index is -3.69. The van der Waals surface area contributed by atoms with Crippen molar-refractivity contribution in [2.24, 2.45) is 0 Å². The van der Waals surface area contributed by atoms with Crippen LogP contribution in [0.3, 0.4) is 0 Å². The lowest BCUT2D eigenvalue weighted by molar-refractivity contribution is 0.595. The van der Waals surface area contributed by atoms with Crippen LogP contribution in [-0.2, 0) is 32.7 Å². The molecule has 156 valence electrons. The molecule has 1 aromatic heterocycles. The quantitative estimate of drug-likeness (QED) is 0.649. The average molecular weight is 444 g/mol. The minimum absolute atomic E-state index is 0.0966. The van der Waals surface area contributed by atoms with E-state index in [0.29, 0.717) is 16.9 Å². The Morgan fingerprint density at radius 2 is 1.50 bits per heavy atom. The first-order valence-electron chi connectivity index (χ1n) is 9.51. The lowest BCUT2D eigenvalue weighted by Crippen LogP contribution is -2.14. The number of fused-ring (bicyclic) bond motifs is 1. The highest BCUT2D eigenvalue weighted by Gasteiger charge is 2.18. The minimum Gasteiger partial charge on any atom is -0.280 e. The molecule has 1 aliphatic carbocycles. The summed E-state index contributed by atoms with van der Waals surface area (Å²) in [5, 5.41) is 7.58. The van der Waals surface area contributed by atoms with E-state index in [9.17, 15) is 16.8 Å². The molecule has 1 N–H and O–H groups in total. The molecule has 7 nitrogen and oxygen atoms in total. The summed E-state index contributed by atoms with van der Waals surface area (Å²) in [7, 11) is -7.10. The van der Waals surface area contributed by atoms with Gasteiger partial charge in [0.1, 0.15) is 0 Å². The Morgan fingerprint density at radius 1 is 0.800 bits per heavy atom. The molecule has 0 saturated carbocycles. The number of sulfone groups is 1. The van der Waals surface area contributed by atoms with Crippen LogP contribution in [0.4, 0.5) is 5.69 Å². The third-order valence-corrected chi connectivity index (χ3v) is 7.44. The molecule has 0 atom stereocenters. The van der Waals surface area contributed by atoms with Crippen molar-refractivity contribution >= 4 is 25.5 Å². The van der Waals surface area contributed by atoms with E-state index >= 15 is 0 Å². The molecule has 0 radical (unpaired) electrons. The molecule has 1 heterocycles. The Kier molecular flexibility index (Phi) is 5.33. The highest BCUT2D eigenvalue weighted by Crippen LogP contribution is 2.26. The SMILES string of the molecule is CS(=O)(=O)c1ccc(-c2ccc(NS(=O)(=O)c3ccc4c(c3)CCCC4)cc2)nn1. The summed E-state index contributed by atoms with van der Waals surface area (Å²) in [4.78, 5) is 0.259. The fourth-order valence-corrected chi connectivity index (χ4v) is 5.09. The second kappa shape index (κ2) is 7.81. The monoisotopic (exact) mass is 443 g/mol. The number of aryl methyl sites for hydroxylation is 2. The van der Waals surface area contributed by atoms with E-state index in [1.165, 1.54) is 11.6 Å². The van der Waals surface area contributed by atoms with Gasteiger partial charge in [-0.15, -0.1) is 10.2 Å². The Labute approximate surface area is 176 Å². The third-order valence-electron chi connectivity index (χ3n) is 5.08. The van der Waals surface area contributed by atoms with E-state index in [0.717, 1.165) is 37.5 Å². The van der Waals surface area contributed by atoms with Gasteiger partial charge in [0.15, 0.2) is 14.9 Å². The number of benzene rings is 2. The van der Waals surface area contributed by atoms with Crippen LogP contribution in [0.5, 0.6) is 0 Å². The summed E-state index contributed by atoms with van der Waals surface area (Å²) < 4.78 is 51.1. The normalized spacial score (nSPS) is 14.2. The molecule has 0 aliphatic heterocycles. The van der Waals surface area contributed by atoms with Gasteiger partial charge in [0.25, 0.3) is 10.0 Å². The molecule has 4 rings (SSSR count). The lowest BCUT2D eigenvalue weighted by atomic mass is 9.92. The maximum Gasteiger partial charge on any atom is 0.261 e. The Balaban J connectivity index is 1.53. The predicted octanol–water partition coefficient (Wildman–Crippen LogP) is 3.23. The number of hydrogen-bond acceptors (Lipinski definition) is 6. The Morgan fingerprint density at radius 3 is 2.13 bits per heavy atom. The molecule has 9 heteroatoms. The largest absolute Gasteiger partial charge is 0.280 e. The molecule has 0 saturated heterocycles. The van der Waals surface area contributed by atoms with Crippen molar-refractivity contribution < 1.29 is 16.8 Å². The third kappa shape index (κ3) is 4.36. The highest BCUT2D eigenvalue weighted by molar-refractivity contribution is 7.92. The van der Waals surface area contributed by atoms with Crippen molar-refractivity contribution in [3.05, 3.63) is 65.7 Å². The van der Waals surface area contributed by atoms with E-state index < -0.39 is 19.9 Å². The van der Waals surface area contributed by atoms with Gasteiger partial charge in [0.05, 0.1) is 10.6 Å². The number of anilines is 1. The molecule has 30 heavy (non-hydrogen) atoms. The number of aromatic nitrogens is 2. The second-order valence-electron chi connectivity index (χ2n) is 7.35. The first kappa shape index (κ1) is 20.5. The number of sulfonamides is 1. The van der Waals surface area contributed by atoms with E-state index in [-0.39, 0.29) is 9.92 Å². The fourth-order valence-electron chi connectivity index (χ4n) is 3.47. The molecular weight excluding hydrogens is 422 g/mol. The van der Waals surface area contributed by atoms with E-state index in [4.69, 9.17) is 0 Å². The van der Waals surface area contributed by atoms with Crippen molar-refractivity contribution in [3.63, 3.8) is 0 Å². The molecular formula is C21H21N3O4S2. The maximum absolute atomic E-state index is 12.8. The van der Waals surface area contributed by atoms with Crippen molar-refractivity contribution in [3.8, 4) is 11.3 Å². The van der Waals surface area contributed by atoms with Gasteiger partial charge in [-0.25, -0.2) is 16.8 Å². The van der Waals surface area contributed by atoms with Crippen molar-refractivity contribution in [1.29, 1.82) is 0 Å². The predicted molar refractivity (Wildman–Crippen MR) is 114 cm³/mol. The standard InChI is InChI=1S/C21H21N3O4S2/c1-29(25,26)21-13-12-20(22-23-21)16-6-9-18(10-7-16)24-30(27,28)19-11-8-15-4-2-3-5-17(15)14-19/h6-14,24H,2-5H2,1H3. The van der Waals surface area contributed by atoms with Crippen LogP contribution in [0, 0.1) is 0 Å². The molecule has 0 amide bonds. The summed E-state index contributed by atoms with van der Waals surface area (Å²) in [5.74, 6) is 0. The maximum atomic E-state index is 12.8. The van der Waals surface area contributed by atoms with Gasteiger partial charge >= 0.3 is 0 Å². The zero-order chi connectivity index (χ0) is 21.4. The summed E-state index contributed by atoms with van der Waals surface area (Å²) in [5.41, 5.74) is 3.95. The summed E-state index contributed by atoms with van der Waals surface area (Å²) >= 11 is 0. The number of nitrogens with zero attached hydrogens (tertiary/aromatic N) is 2. The van der Waals surface area contributed by atoms with Gasteiger partial charge in [0, 0.05) is 17.5 Å². The molecule has 1 aliphatic rings.